The molecule has 0 aliphatic carbocycles. The van der Waals surface area contributed by atoms with E-state index in [0.717, 1.165) is 18.4 Å². The molecule has 1 aliphatic heterocycles. The molecule has 0 spiro atoms. The molecule has 0 bridgehead atoms. The Morgan fingerprint density at radius 1 is 1.38 bits per heavy atom. The van der Waals surface area contributed by atoms with E-state index in [2.05, 4.69) is 24.0 Å². The van der Waals surface area contributed by atoms with E-state index < -0.39 is 0 Å². The summed E-state index contributed by atoms with van der Waals surface area (Å²) in [6, 6.07) is 8.65. The van der Waals surface area contributed by atoms with Gasteiger partial charge in [0.25, 0.3) is 0 Å². The Morgan fingerprint density at radius 2 is 2.12 bits per heavy atom. The first-order valence-corrected chi connectivity index (χ1v) is 6.17. The number of aldehydes is 1. The maximum absolute atomic E-state index is 10.6. The number of carbonyl (C=O) groups is 1. The molecule has 1 heterocycles. The van der Waals surface area contributed by atoms with Gasteiger partial charge in [0.2, 0.25) is 0 Å². The van der Waals surface area contributed by atoms with Crippen molar-refractivity contribution in [2.45, 2.75) is 38.6 Å². The molecule has 1 fully saturated rings. The molecule has 0 aromatic heterocycles. The van der Waals surface area contributed by atoms with Crippen LogP contribution in [0.1, 0.15) is 43.0 Å². The lowest BCUT2D eigenvalue weighted by molar-refractivity contribution is 0.112. The zero-order valence-corrected chi connectivity index (χ0v) is 9.86. The number of hydrogen-bond acceptors (Lipinski definition) is 2. The highest BCUT2D eigenvalue weighted by atomic mass is 16.1. The quantitative estimate of drug-likeness (QED) is 0.721. The minimum atomic E-state index is 0.701. The van der Waals surface area contributed by atoms with Crippen molar-refractivity contribution in [1.82, 2.24) is 0 Å². The minimum Gasteiger partial charge on any atom is -0.369 e. The lowest BCUT2D eigenvalue weighted by atomic mass is 10.1. The molecule has 1 saturated heterocycles. The van der Waals surface area contributed by atoms with Crippen molar-refractivity contribution in [2.75, 3.05) is 11.4 Å². The summed E-state index contributed by atoms with van der Waals surface area (Å²) in [7, 11) is 0. The normalized spacial score (nSPS) is 20.1. The number of anilines is 1. The molecule has 0 amide bonds. The number of rotatable bonds is 4. The molecule has 1 unspecified atom stereocenters. The van der Waals surface area contributed by atoms with Crippen LogP contribution in [0, 0.1) is 0 Å². The third-order valence-electron chi connectivity index (χ3n) is 3.36. The van der Waals surface area contributed by atoms with Crippen LogP contribution in [0.2, 0.25) is 0 Å². The van der Waals surface area contributed by atoms with Crippen LogP contribution in [0.3, 0.4) is 0 Å². The maximum atomic E-state index is 10.6. The fourth-order valence-corrected chi connectivity index (χ4v) is 2.55. The summed E-state index contributed by atoms with van der Waals surface area (Å²) in [5.41, 5.74) is 2.02. The van der Waals surface area contributed by atoms with Crippen LogP contribution >= 0.6 is 0 Å². The van der Waals surface area contributed by atoms with Gasteiger partial charge in [0.1, 0.15) is 6.29 Å². The average molecular weight is 217 g/mol. The van der Waals surface area contributed by atoms with E-state index in [4.69, 9.17) is 0 Å². The average Bonchev–Trinajstić information content (AvgIpc) is 2.78. The Kier molecular flexibility index (Phi) is 3.60. The molecule has 1 aromatic rings. The Bertz CT molecular complexity index is 344. The molecule has 2 heteroatoms. The highest BCUT2D eigenvalue weighted by molar-refractivity contribution is 5.75. The van der Waals surface area contributed by atoms with E-state index in [0.29, 0.717) is 6.04 Å². The summed E-state index contributed by atoms with van der Waals surface area (Å²) in [5.74, 6) is 0. The highest BCUT2D eigenvalue weighted by Crippen LogP contribution is 2.27. The van der Waals surface area contributed by atoms with Crippen molar-refractivity contribution in [3.8, 4) is 0 Å². The number of benzene rings is 1. The third kappa shape index (κ3) is 2.26. The standard InChI is InChI=1S/C14H19NO/c1-2-4-13-5-3-10-15(13)14-8-6-12(11-16)7-9-14/h6-9,11,13H,2-5,10H2,1H3. The van der Waals surface area contributed by atoms with E-state index in [1.54, 1.807) is 0 Å². The first-order chi connectivity index (χ1) is 7.85. The van der Waals surface area contributed by atoms with Gasteiger partial charge in [-0.3, -0.25) is 4.79 Å². The summed E-state index contributed by atoms with van der Waals surface area (Å²) in [6.45, 7) is 3.40. The molecule has 2 nitrogen and oxygen atoms in total. The lowest BCUT2D eigenvalue weighted by Gasteiger charge is -2.26. The lowest BCUT2D eigenvalue weighted by Crippen LogP contribution is -2.28. The van der Waals surface area contributed by atoms with E-state index in [1.165, 1.54) is 31.4 Å². The van der Waals surface area contributed by atoms with Crippen molar-refractivity contribution < 1.29 is 4.79 Å². The summed E-state index contributed by atoms with van der Waals surface area (Å²) < 4.78 is 0. The van der Waals surface area contributed by atoms with Gasteiger partial charge in [-0.25, -0.2) is 0 Å². The zero-order valence-electron chi connectivity index (χ0n) is 9.86. The van der Waals surface area contributed by atoms with Crippen LogP contribution < -0.4 is 4.90 Å². The van der Waals surface area contributed by atoms with E-state index >= 15 is 0 Å². The number of nitrogens with zero attached hydrogens (tertiary/aromatic N) is 1. The van der Waals surface area contributed by atoms with Gasteiger partial charge in [-0.2, -0.15) is 0 Å². The predicted octanol–water partition coefficient (Wildman–Crippen LogP) is 3.27. The molecule has 1 aliphatic rings. The Balaban J connectivity index is 2.12. The molecule has 0 saturated carbocycles. The molecule has 1 atom stereocenters. The maximum Gasteiger partial charge on any atom is 0.150 e. The number of carbonyl (C=O) groups excluding carboxylic acids is 1. The predicted molar refractivity (Wildman–Crippen MR) is 67.1 cm³/mol. The fourth-order valence-electron chi connectivity index (χ4n) is 2.55. The molecular weight excluding hydrogens is 198 g/mol. The summed E-state index contributed by atoms with van der Waals surface area (Å²) >= 11 is 0. The van der Waals surface area contributed by atoms with Gasteiger partial charge >= 0.3 is 0 Å². The molecule has 1 aromatic carbocycles. The van der Waals surface area contributed by atoms with Crippen molar-refractivity contribution in [3.63, 3.8) is 0 Å². The number of hydrogen-bond donors (Lipinski definition) is 0. The molecule has 0 radical (unpaired) electrons. The van der Waals surface area contributed by atoms with Gasteiger partial charge in [0.15, 0.2) is 0 Å². The van der Waals surface area contributed by atoms with Gasteiger partial charge < -0.3 is 4.90 Å². The van der Waals surface area contributed by atoms with Crippen LogP contribution in [-0.2, 0) is 0 Å². The first-order valence-electron chi connectivity index (χ1n) is 6.17. The van der Waals surface area contributed by atoms with E-state index in [1.807, 2.05) is 12.1 Å². The summed E-state index contributed by atoms with van der Waals surface area (Å²) in [6.07, 6.45) is 6.02. The Labute approximate surface area is 97.3 Å². The smallest absolute Gasteiger partial charge is 0.150 e. The summed E-state index contributed by atoms with van der Waals surface area (Å²) in [4.78, 5) is 13.1. The van der Waals surface area contributed by atoms with Gasteiger partial charge in [-0.15, -0.1) is 0 Å². The SMILES string of the molecule is CCCC1CCCN1c1ccc(C=O)cc1. The molecule has 86 valence electrons. The molecule has 16 heavy (non-hydrogen) atoms. The zero-order chi connectivity index (χ0) is 11.4. The third-order valence-corrected chi connectivity index (χ3v) is 3.36. The molecular formula is C14H19NO. The molecule has 0 N–H and O–H groups in total. The Morgan fingerprint density at radius 3 is 2.75 bits per heavy atom. The van der Waals surface area contributed by atoms with Crippen LogP contribution in [0.25, 0.3) is 0 Å². The van der Waals surface area contributed by atoms with Gasteiger partial charge in [-0.05, 0) is 43.5 Å². The van der Waals surface area contributed by atoms with Crippen molar-refractivity contribution in [2.24, 2.45) is 0 Å². The topological polar surface area (TPSA) is 20.3 Å². The van der Waals surface area contributed by atoms with Crippen molar-refractivity contribution in [3.05, 3.63) is 29.8 Å². The highest BCUT2D eigenvalue weighted by Gasteiger charge is 2.23. The van der Waals surface area contributed by atoms with Crippen LogP contribution in [-0.4, -0.2) is 18.9 Å². The second-order valence-corrected chi connectivity index (χ2v) is 4.49. The minimum absolute atomic E-state index is 0.701. The van der Waals surface area contributed by atoms with Crippen LogP contribution in [0.4, 0.5) is 5.69 Å². The largest absolute Gasteiger partial charge is 0.369 e. The van der Waals surface area contributed by atoms with Crippen LogP contribution in [0.15, 0.2) is 24.3 Å². The fraction of sp³-hybridized carbons (Fsp3) is 0.500. The summed E-state index contributed by atoms with van der Waals surface area (Å²) in [5, 5.41) is 0. The van der Waals surface area contributed by atoms with Crippen molar-refractivity contribution >= 4 is 12.0 Å². The van der Waals surface area contributed by atoms with Crippen molar-refractivity contribution in [1.29, 1.82) is 0 Å². The van der Waals surface area contributed by atoms with Crippen LogP contribution in [0.5, 0.6) is 0 Å². The van der Waals surface area contributed by atoms with Gasteiger partial charge in [0.05, 0.1) is 0 Å². The first kappa shape index (κ1) is 11.2. The molecule has 2 rings (SSSR count). The monoisotopic (exact) mass is 217 g/mol. The second kappa shape index (κ2) is 5.15. The van der Waals surface area contributed by atoms with Gasteiger partial charge in [0, 0.05) is 23.8 Å². The van der Waals surface area contributed by atoms with Gasteiger partial charge in [-0.1, -0.05) is 13.3 Å². The second-order valence-electron chi connectivity index (χ2n) is 4.49. The van der Waals surface area contributed by atoms with E-state index in [9.17, 15) is 4.79 Å². The Hall–Kier alpha value is -1.31. The van der Waals surface area contributed by atoms with E-state index in [-0.39, 0.29) is 0 Å².